The lowest BCUT2D eigenvalue weighted by molar-refractivity contribution is -0.149. The second-order valence-electron chi connectivity index (χ2n) is 3.96. The number of hydrogen-bond donors (Lipinski definition) is 0. The maximum absolute atomic E-state index is 11.4. The zero-order valence-corrected chi connectivity index (χ0v) is 9.32. The number of methoxy groups -OCH3 is 2. The Balaban J connectivity index is 2.60. The van der Waals surface area contributed by atoms with Crippen molar-refractivity contribution in [3.05, 3.63) is 0 Å². The van der Waals surface area contributed by atoms with Crippen LogP contribution in [0.25, 0.3) is 0 Å². The van der Waals surface area contributed by atoms with E-state index in [-0.39, 0.29) is 23.8 Å². The molecule has 0 N–H and O–H groups in total. The Morgan fingerprint density at radius 1 is 0.933 bits per heavy atom. The first-order chi connectivity index (χ1) is 7.19. The van der Waals surface area contributed by atoms with Crippen molar-refractivity contribution in [1.82, 2.24) is 0 Å². The highest BCUT2D eigenvalue weighted by atomic mass is 16.5. The summed E-state index contributed by atoms with van der Waals surface area (Å²) in [6.45, 7) is 0. The molecule has 0 saturated heterocycles. The van der Waals surface area contributed by atoms with Crippen LogP contribution in [0.15, 0.2) is 0 Å². The van der Waals surface area contributed by atoms with Crippen LogP contribution in [0.4, 0.5) is 0 Å². The summed E-state index contributed by atoms with van der Waals surface area (Å²) in [6, 6.07) is 0. The van der Waals surface area contributed by atoms with E-state index in [0.717, 1.165) is 25.7 Å². The van der Waals surface area contributed by atoms with Gasteiger partial charge in [0.1, 0.15) is 0 Å². The summed E-state index contributed by atoms with van der Waals surface area (Å²) >= 11 is 0. The quantitative estimate of drug-likeness (QED) is 0.516. The fraction of sp³-hybridized carbons (Fsp3) is 0.818. The van der Waals surface area contributed by atoms with Gasteiger partial charge >= 0.3 is 11.9 Å². The number of esters is 2. The molecule has 4 heteroatoms. The lowest BCUT2D eigenvalue weighted by Gasteiger charge is -2.15. The van der Waals surface area contributed by atoms with E-state index in [9.17, 15) is 9.59 Å². The Morgan fingerprint density at radius 3 is 1.67 bits per heavy atom. The standard InChI is InChI=1S/C11H18O4/c1-14-10(12)8-5-3-4-6-9(7-8)11(13)15-2/h8-9H,3-7H2,1-2H3. The normalized spacial score (nSPS) is 26.5. The first kappa shape index (κ1) is 12.0. The average Bonchev–Trinajstić information content (AvgIpc) is 2.52. The number of carbonyl (C=O) groups is 2. The summed E-state index contributed by atoms with van der Waals surface area (Å²) in [5, 5.41) is 0. The van der Waals surface area contributed by atoms with Gasteiger partial charge in [-0.05, 0) is 19.3 Å². The highest BCUT2D eigenvalue weighted by Crippen LogP contribution is 2.29. The molecule has 1 rings (SSSR count). The molecule has 0 heterocycles. The third kappa shape index (κ3) is 3.22. The maximum atomic E-state index is 11.4. The average molecular weight is 214 g/mol. The predicted molar refractivity (Wildman–Crippen MR) is 54.1 cm³/mol. The molecule has 0 aromatic heterocycles. The topological polar surface area (TPSA) is 52.6 Å². The fourth-order valence-electron chi connectivity index (χ4n) is 2.12. The zero-order valence-electron chi connectivity index (χ0n) is 9.32. The molecule has 2 atom stereocenters. The van der Waals surface area contributed by atoms with E-state index in [1.807, 2.05) is 0 Å². The summed E-state index contributed by atoms with van der Waals surface area (Å²) < 4.78 is 9.43. The van der Waals surface area contributed by atoms with Crippen LogP contribution in [0.1, 0.15) is 32.1 Å². The number of rotatable bonds is 2. The van der Waals surface area contributed by atoms with Crippen LogP contribution in [0, 0.1) is 11.8 Å². The molecular weight excluding hydrogens is 196 g/mol. The molecule has 0 radical (unpaired) electrons. The molecule has 0 bridgehead atoms. The van der Waals surface area contributed by atoms with Crippen molar-refractivity contribution in [2.75, 3.05) is 14.2 Å². The van der Waals surface area contributed by atoms with Crippen molar-refractivity contribution in [1.29, 1.82) is 0 Å². The van der Waals surface area contributed by atoms with Gasteiger partial charge in [-0.3, -0.25) is 9.59 Å². The number of hydrogen-bond acceptors (Lipinski definition) is 4. The van der Waals surface area contributed by atoms with Crippen molar-refractivity contribution < 1.29 is 19.1 Å². The minimum Gasteiger partial charge on any atom is -0.469 e. The van der Waals surface area contributed by atoms with E-state index in [2.05, 4.69) is 0 Å². The van der Waals surface area contributed by atoms with Crippen molar-refractivity contribution in [2.45, 2.75) is 32.1 Å². The summed E-state index contributed by atoms with van der Waals surface area (Å²) in [4.78, 5) is 22.8. The van der Waals surface area contributed by atoms with Gasteiger partial charge in [0, 0.05) is 0 Å². The van der Waals surface area contributed by atoms with Gasteiger partial charge in [0.05, 0.1) is 26.1 Å². The second-order valence-corrected chi connectivity index (χ2v) is 3.96. The van der Waals surface area contributed by atoms with E-state index in [0.29, 0.717) is 6.42 Å². The van der Waals surface area contributed by atoms with Crippen LogP contribution in [-0.2, 0) is 19.1 Å². The van der Waals surface area contributed by atoms with Gasteiger partial charge in [0.25, 0.3) is 0 Å². The molecule has 0 amide bonds. The van der Waals surface area contributed by atoms with Crippen LogP contribution in [0.3, 0.4) is 0 Å². The van der Waals surface area contributed by atoms with Gasteiger partial charge in [-0.25, -0.2) is 0 Å². The Morgan fingerprint density at radius 2 is 1.33 bits per heavy atom. The lowest BCUT2D eigenvalue weighted by Crippen LogP contribution is -2.23. The van der Waals surface area contributed by atoms with Crippen LogP contribution in [0.2, 0.25) is 0 Å². The first-order valence-corrected chi connectivity index (χ1v) is 5.34. The number of ether oxygens (including phenoxy) is 2. The van der Waals surface area contributed by atoms with E-state index in [1.54, 1.807) is 0 Å². The minimum atomic E-state index is -0.203. The smallest absolute Gasteiger partial charge is 0.308 e. The highest BCUT2D eigenvalue weighted by molar-refractivity contribution is 5.76. The Hall–Kier alpha value is -1.06. The van der Waals surface area contributed by atoms with Crippen molar-refractivity contribution in [2.24, 2.45) is 11.8 Å². The Bertz CT molecular complexity index is 213. The summed E-state index contributed by atoms with van der Waals surface area (Å²) in [5.74, 6) is -0.681. The van der Waals surface area contributed by atoms with Gasteiger partial charge in [0.15, 0.2) is 0 Å². The van der Waals surface area contributed by atoms with Crippen LogP contribution >= 0.6 is 0 Å². The largest absolute Gasteiger partial charge is 0.469 e. The van der Waals surface area contributed by atoms with Gasteiger partial charge in [-0.15, -0.1) is 0 Å². The third-order valence-corrected chi connectivity index (χ3v) is 2.99. The monoisotopic (exact) mass is 214 g/mol. The maximum Gasteiger partial charge on any atom is 0.308 e. The van der Waals surface area contributed by atoms with Gasteiger partial charge < -0.3 is 9.47 Å². The van der Waals surface area contributed by atoms with Crippen LogP contribution in [-0.4, -0.2) is 26.2 Å². The third-order valence-electron chi connectivity index (χ3n) is 2.99. The van der Waals surface area contributed by atoms with Crippen LogP contribution < -0.4 is 0 Å². The molecule has 1 aliphatic rings. The molecule has 0 spiro atoms. The molecule has 1 saturated carbocycles. The predicted octanol–water partition coefficient (Wildman–Crippen LogP) is 1.53. The lowest BCUT2D eigenvalue weighted by atomic mass is 9.93. The molecule has 15 heavy (non-hydrogen) atoms. The van der Waals surface area contributed by atoms with Crippen molar-refractivity contribution >= 4 is 11.9 Å². The van der Waals surface area contributed by atoms with Gasteiger partial charge in [-0.2, -0.15) is 0 Å². The summed E-state index contributed by atoms with van der Waals surface area (Å²) in [7, 11) is 2.78. The van der Waals surface area contributed by atoms with Crippen molar-refractivity contribution in [3.8, 4) is 0 Å². The second kappa shape index (κ2) is 5.73. The summed E-state index contributed by atoms with van der Waals surface area (Å²) in [5.41, 5.74) is 0. The van der Waals surface area contributed by atoms with E-state index in [4.69, 9.17) is 9.47 Å². The highest BCUT2D eigenvalue weighted by Gasteiger charge is 2.30. The molecule has 0 aromatic rings. The van der Waals surface area contributed by atoms with Gasteiger partial charge in [0.2, 0.25) is 0 Å². The van der Waals surface area contributed by atoms with Crippen LogP contribution in [0.5, 0.6) is 0 Å². The first-order valence-electron chi connectivity index (χ1n) is 5.34. The molecule has 0 aliphatic heterocycles. The minimum absolute atomic E-state index is 0.137. The van der Waals surface area contributed by atoms with Gasteiger partial charge in [-0.1, -0.05) is 12.8 Å². The SMILES string of the molecule is COC(=O)C1CCCCC(C(=O)OC)C1. The molecule has 0 aromatic carbocycles. The Labute approximate surface area is 89.9 Å². The Kier molecular flexibility index (Phi) is 4.59. The van der Waals surface area contributed by atoms with E-state index in [1.165, 1.54) is 14.2 Å². The molecule has 4 nitrogen and oxygen atoms in total. The summed E-state index contributed by atoms with van der Waals surface area (Å²) in [6.07, 6.45) is 4.17. The van der Waals surface area contributed by atoms with E-state index < -0.39 is 0 Å². The molecule has 1 fully saturated rings. The molecular formula is C11H18O4. The molecule has 2 unspecified atom stereocenters. The zero-order chi connectivity index (χ0) is 11.3. The molecule has 1 aliphatic carbocycles. The fourth-order valence-corrected chi connectivity index (χ4v) is 2.12. The molecule has 86 valence electrons. The number of carbonyl (C=O) groups excluding carboxylic acids is 2. The van der Waals surface area contributed by atoms with E-state index >= 15 is 0 Å². The van der Waals surface area contributed by atoms with Crippen molar-refractivity contribution in [3.63, 3.8) is 0 Å².